The quantitative estimate of drug-likeness (QED) is 0.740. The topological polar surface area (TPSA) is 30.2 Å². The van der Waals surface area contributed by atoms with Gasteiger partial charge in [0.15, 0.2) is 5.76 Å². The van der Waals surface area contributed by atoms with Gasteiger partial charge in [-0.05, 0) is 23.6 Å². The van der Waals surface area contributed by atoms with Crippen LogP contribution in [0.1, 0.15) is 28.1 Å². The zero-order valence-electron chi connectivity index (χ0n) is 8.53. The number of carbonyl (C=O) groups is 1. The van der Waals surface area contributed by atoms with Crippen LogP contribution >= 0.6 is 11.3 Å². The first kappa shape index (κ1) is 10.2. The Bertz CT molecular complexity index is 440. The molecule has 0 amide bonds. The summed E-state index contributed by atoms with van der Waals surface area (Å²) in [6, 6.07) is 7.54. The zero-order valence-corrected chi connectivity index (χ0v) is 9.34. The first-order chi connectivity index (χ1) is 7.29. The third-order valence-corrected chi connectivity index (χ3v) is 3.08. The van der Waals surface area contributed by atoms with E-state index < -0.39 is 0 Å². The van der Waals surface area contributed by atoms with E-state index in [0.29, 0.717) is 12.2 Å². The summed E-state index contributed by atoms with van der Waals surface area (Å²) in [7, 11) is 0. The van der Waals surface area contributed by atoms with Crippen molar-refractivity contribution < 1.29 is 9.21 Å². The number of ketones is 1. The van der Waals surface area contributed by atoms with Crippen LogP contribution in [-0.4, -0.2) is 5.78 Å². The van der Waals surface area contributed by atoms with Crippen LogP contribution in [0.3, 0.4) is 0 Å². The molecule has 0 saturated carbocycles. The van der Waals surface area contributed by atoms with Gasteiger partial charge in [-0.2, -0.15) is 0 Å². The number of carbonyl (C=O) groups excluding carboxylic acids is 1. The lowest BCUT2D eigenvalue weighted by Gasteiger charge is -1.94. The van der Waals surface area contributed by atoms with Gasteiger partial charge >= 0.3 is 0 Å². The zero-order chi connectivity index (χ0) is 10.7. The maximum Gasteiger partial charge on any atom is 0.203 e. The lowest BCUT2D eigenvalue weighted by molar-refractivity contribution is 0.0965. The fourth-order valence-corrected chi connectivity index (χ4v) is 2.08. The van der Waals surface area contributed by atoms with Crippen LogP contribution < -0.4 is 0 Å². The van der Waals surface area contributed by atoms with E-state index in [1.54, 1.807) is 17.4 Å². The molecule has 0 atom stereocenters. The molecule has 0 aliphatic heterocycles. The molecule has 0 aromatic carbocycles. The van der Waals surface area contributed by atoms with Crippen molar-refractivity contribution in [3.8, 4) is 0 Å². The van der Waals surface area contributed by atoms with Gasteiger partial charge in [-0.1, -0.05) is 13.0 Å². The minimum atomic E-state index is 0.0529. The van der Waals surface area contributed by atoms with E-state index in [-0.39, 0.29) is 5.78 Å². The number of furan rings is 1. The second-order valence-electron chi connectivity index (χ2n) is 3.30. The van der Waals surface area contributed by atoms with Crippen molar-refractivity contribution in [3.05, 3.63) is 46.0 Å². The van der Waals surface area contributed by atoms with Gasteiger partial charge in [-0.15, -0.1) is 11.3 Å². The minimum Gasteiger partial charge on any atom is -0.458 e. The van der Waals surface area contributed by atoms with Crippen molar-refractivity contribution in [2.45, 2.75) is 19.8 Å². The van der Waals surface area contributed by atoms with Crippen LogP contribution in [0.4, 0.5) is 0 Å². The first-order valence-corrected chi connectivity index (χ1v) is 5.82. The van der Waals surface area contributed by atoms with Gasteiger partial charge in [0.05, 0.1) is 0 Å². The van der Waals surface area contributed by atoms with E-state index in [1.807, 2.05) is 30.5 Å². The Morgan fingerprint density at radius 1 is 1.40 bits per heavy atom. The average molecular weight is 220 g/mol. The Morgan fingerprint density at radius 3 is 2.87 bits per heavy atom. The molecule has 15 heavy (non-hydrogen) atoms. The normalized spacial score (nSPS) is 10.5. The van der Waals surface area contributed by atoms with Crippen LogP contribution in [0, 0.1) is 0 Å². The number of thiophene rings is 1. The van der Waals surface area contributed by atoms with Gasteiger partial charge in [0.25, 0.3) is 0 Å². The number of hydrogen-bond acceptors (Lipinski definition) is 3. The fourth-order valence-electron chi connectivity index (χ4n) is 1.38. The van der Waals surface area contributed by atoms with Crippen LogP contribution in [-0.2, 0) is 12.8 Å². The third-order valence-electron chi connectivity index (χ3n) is 2.20. The average Bonchev–Trinajstić information content (AvgIpc) is 2.86. The molecule has 2 aromatic heterocycles. The molecule has 0 bridgehead atoms. The van der Waals surface area contributed by atoms with Gasteiger partial charge in [-0.25, -0.2) is 0 Å². The molecule has 0 N–H and O–H groups in total. The van der Waals surface area contributed by atoms with Gasteiger partial charge < -0.3 is 4.42 Å². The molecule has 2 nitrogen and oxygen atoms in total. The summed E-state index contributed by atoms with van der Waals surface area (Å²) >= 11 is 1.60. The molecule has 0 spiro atoms. The van der Waals surface area contributed by atoms with E-state index in [4.69, 9.17) is 4.42 Å². The summed E-state index contributed by atoms with van der Waals surface area (Å²) in [4.78, 5) is 12.8. The lowest BCUT2D eigenvalue weighted by atomic mass is 10.2. The predicted molar refractivity (Wildman–Crippen MR) is 60.4 cm³/mol. The van der Waals surface area contributed by atoms with Gasteiger partial charge in [0.2, 0.25) is 5.78 Å². The first-order valence-electron chi connectivity index (χ1n) is 4.94. The van der Waals surface area contributed by atoms with Crippen molar-refractivity contribution in [3.63, 3.8) is 0 Å². The molecule has 0 fully saturated rings. The molecular weight excluding hydrogens is 208 g/mol. The highest BCUT2D eigenvalue weighted by atomic mass is 32.1. The molecule has 0 unspecified atom stereocenters. The van der Waals surface area contributed by atoms with Crippen molar-refractivity contribution in [2.75, 3.05) is 0 Å². The molecule has 0 radical (unpaired) electrons. The van der Waals surface area contributed by atoms with Crippen molar-refractivity contribution in [1.29, 1.82) is 0 Å². The largest absolute Gasteiger partial charge is 0.458 e. The van der Waals surface area contributed by atoms with E-state index in [0.717, 1.165) is 17.1 Å². The number of hydrogen-bond donors (Lipinski definition) is 0. The minimum absolute atomic E-state index is 0.0529. The van der Waals surface area contributed by atoms with E-state index in [2.05, 4.69) is 0 Å². The highest BCUT2D eigenvalue weighted by Crippen LogP contribution is 2.15. The molecule has 3 heteroatoms. The van der Waals surface area contributed by atoms with Crippen molar-refractivity contribution >= 4 is 17.1 Å². The highest BCUT2D eigenvalue weighted by Gasteiger charge is 2.11. The summed E-state index contributed by atoms with van der Waals surface area (Å²) < 4.78 is 5.40. The van der Waals surface area contributed by atoms with Crippen molar-refractivity contribution in [2.24, 2.45) is 0 Å². The van der Waals surface area contributed by atoms with Gasteiger partial charge in [0.1, 0.15) is 5.76 Å². The van der Waals surface area contributed by atoms with Crippen molar-refractivity contribution in [1.82, 2.24) is 0 Å². The monoisotopic (exact) mass is 220 g/mol. The highest BCUT2D eigenvalue weighted by molar-refractivity contribution is 7.10. The standard InChI is InChI=1S/C12H12O2S/c1-2-9-5-6-12(14-9)11(13)8-10-4-3-7-15-10/h3-7H,2,8H2,1H3. The molecule has 0 saturated heterocycles. The van der Waals surface area contributed by atoms with Crippen LogP contribution in [0.5, 0.6) is 0 Å². The van der Waals surface area contributed by atoms with E-state index >= 15 is 0 Å². The predicted octanol–water partition coefficient (Wildman–Crippen LogP) is 3.33. The molecule has 2 heterocycles. The Labute approximate surface area is 92.5 Å². The Morgan fingerprint density at radius 2 is 2.27 bits per heavy atom. The summed E-state index contributed by atoms with van der Waals surface area (Å²) in [6.07, 6.45) is 1.26. The number of aryl methyl sites for hydroxylation is 1. The van der Waals surface area contributed by atoms with E-state index in [9.17, 15) is 4.79 Å². The Hall–Kier alpha value is -1.35. The Kier molecular flexibility index (Phi) is 3.02. The Balaban J connectivity index is 2.08. The molecule has 0 aliphatic rings. The maximum absolute atomic E-state index is 11.8. The molecular formula is C12H12O2S. The van der Waals surface area contributed by atoms with Crippen LogP contribution in [0.25, 0.3) is 0 Å². The second-order valence-corrected chi connectivity index (χ2v) is 4.33. The summed E-state index contributed by atoms with van der Waals surface area (Å²) in [5.74, 6) is 1.39. The number of rotatable bonds is 4. The molecule has 2 aromatic rings. The maximum atomic E-state index is 11.8. The number of Topliss-reactive ketones (excluding diaryl/α,β-unsaturated/α-hetero) is 1. The summed E-state index contributed by atoms with van der Waals surface area (Å²) in [5, 5.41) is 1.97. The molecule has 78 valence electrons. The van der Waals surface area contributed by atoms with Crippen LogP contribution in [0.15, 0.2) is 34.1 Å². The molecule has 0 aliphatic carbocycles. The fraction of sp³-hybridized carbons (Fsp3) is 0.250. The lowest BCUT2D eigenvalue weighted by Crippen LogP contribution is -2.00. The summed E-state index contributed by atoms with van der Waals surface area (Å²) in [6.45, 7) is 2.01. The summed E-state index contributed by atoms with van der Waals surface area (Å²) in [5.41, 5.74) is 0. The smallest absolute Gasteiger partial charge is 0.203 e. The van der Waals surface area contributed by atoms with Gasteiger partial charge in [-0.3, -0.25) is 4.79 Å². The van der Waals surface area contributed by atoms with Crippen LogP contribution in [0.2, 0.25) is 0 Å². The molecule has 2 rings (SSSR count). The van der Waals surface area contributed by atoms with E-state index in [1.165, 1.54) is 0 Å². The second kappa shape index (κ2) is 4.45. The van der Waals surface area contributed by atoms with Gasteiger partial charge in [0, 0.05) is 17.7 Å². The SMILES string of the molecule is CCc1ccc(C(=O)Cc2cccs2)o1. The third kappa shape index (κ3) is 2.36.